The molecular formula is C20H24N4O4S. The molecule has 0 spiro atoms. The summed E-state index contributed by atoms with van der Waals surface area (Å²) in [5.41, 5.74) is 1.76. The molecule has 0 bridgehead atoms. The first-order chi connectivity index (χ1) is 14.0. The van der Waals surface area contributed by atoms with Crippen LogP contribution < -0.4 is 4.90 Å². The van der Waals surface area contributed by atoms with Crippen molar-refractivity contribution >= 4 is 33.1 Å². The van der Waals surface area contributed by atoms with Gasteiger partial charge in [0.15, 0.2) is 0 Å². The fourth-order valence-corrected chi connectivity index (χ4v) is 4.73. The molecule has 0 atom stereocenters. The molecule has 1 aliphatic heterocycles. The molecule has 1 fully saturated rings. The van der Waals surface area contributed by atoms with Crippen molar-refractivity contribution < 1.29 is 18.3 Å². The summed E-state index contributed by atoms with van der Waals surface area (Å²) in [5, 5.41) is 7.80. The van der Waals surface area contributed by atoms with E-state index in [1.54, 1.807) is 24.5 Å². The Morgan fingerprint density at radius 3 is 2.62 bits per heavy atom. The highest BCUT2D eigenvalue weighted by molar-refractivity contribution is 7.90. The SMILES string of the molecule is CN1CCCN(c2ccc3ccn(S(=O)(=O)c4cccnc4)c3c2)CC1.O=CO. The Kier molecular flexibility index (Phi) is 6.50. The van der Waals surface area contributed by atoms with Crippen LogP contribution in [-0.2, 0) is 14.8 Å². The Morgan fingerprint density at radius 2 is 1.90 bits per heavy atom. The van der Waals surface area contributed by atoms with Crippen LogP contribution in [0.1, 0.15) is 6.42 Å². The highest BCUT2D eigenvalue weighted by atomic mass is 32.2. The maximum absolute atomic E-state index is 13.0. The summed E-state index contributed by atoms with van der Waals surface area (Å²) in [7, 11) is -1.52. The Balaban J connectivity index is 0.000000755. The van der Waals surface area contributed by atoms with Crippen LogP contribution in [0.4, 0.5) is 5.69 Å². The number of aromatic nitrogens is 2. The van der Waals surface area contributed by atoms with Crippen LogP contribution in [0.15, 0.2) is 59.9 Å². The lowest BCUT2D eigenvalue weighted by atomic mass is 10.2. The van der Waals surface area contributed by atoms with Gasteiger partial charge in [-0.15, -0.1) is 0 Å². The Labute approximate surface area is 170 Å². The molecule has 0 aliphatic carbocycles. The zero-order valence-corrected chi connectivity index (χ0v) is 17.0. The number of carboxylic acid groups (broad SMARTS) is 1. The number of carbonyl (C=O) groups is 1. The number of nitrogens with zero attached hydrogens (tertiary/aromatic N) is 4. The second kappa shape index (κ2) is 9.06. The van der Waals surface area contributed by atoms with Gasteiger partial charge >= 0.3 is 0 Å². The van der Waals surface area contributed by atoms with Gasteiger partial charge in [-0.1, -0.05) is 6.07 Å². The van der Waals surface area contributed by atoms with Crippen LogP contribution in [-0.4, -0.2) is 67.1 Å². The molecule has 29 heavy (non-hydrogen) atoms. The zero-order chi connectivity index (χ0) is 20.9. The van der Waals surface area contributed by atoms with Crippen LogP contribution in [0.2, 0.25) is 0 Å². The van der Waals surface area contributed by atoms with Gasteiger partial charge in [0, 0.05) is 49.3 Å². The molecule has 9 heteroatoms. The van der Waals surface area contributed by atoms with Crippen molar-refractivity contribution in [1.82, 2.24) is 13.9 Å². The van der Waals surface area contributed by atoms with Crippen LogP contribution >= 0.6 is 0 Å². The predicted octanol–water partition coefficient (Wildman–Crippen LogP) is 2.12. The molecule has 3 heterocycles. The standard InChI is InChI=1S/C19H22N4O2S.CH2O2/c1-21-9-3-10-22(13-12-21)17-6-5-16-7-11-23(19(16)14-17)26(24,25)18-4-2-8-20-15-18;2-1-3/h2,4-8,11,14-15H,3,9-10,12-13H2,1H3;1H,(H,2,3). The first-order valence-electron chi connectivity index (χ1n) is 9.25. The Morgan fingerprint density at radius 1 is 1.10 bits per heavy atom. The minimum absolute atomic E-state index is 0.194. The third-order valence-electron chi connectivity index (χ3n) is 4.92. The average molecular weight is 417 g/mol. The molecule has 0 amide bonds. The summed E-state index contributed by atoms with van der Waals surface area (Å²) in [6, 6.07) is 11.1. The lowest BCUT2D eigenvalue weighted by Crippen LogP contribution is -2.28. The molecule has 8 nitrogen and oxygen atoms in total. The van der Waals surface area contributed by atoms with Gasteiger partial charge in [-0.25, -0.2) is 12.4 Å². The van der Waals surface area contributed by atoms with E-state index in [1.165, 1.54) is 10.2 Å². The fourth-order valence-electron chi connectivity index (χ4n) is 3.42. The molecule has 3 aromatic rings. The minimum atomic E-state index is -3.66. The molecular weight excluding hydrogens is 392 g/mol. The van der Waals surface area contributed by atoms with Crippen molar-refractivity contribution in [3.8, 4) is 0 Å². The number of likely N-dealkylation sites (N-methyl/N-ethyl adjacent to an activating group) is 1. The molecule has 1 aliphatic rings. The highest BCUT2D eigenvalue weighted by Gasteiger charge is 2.20. The number of fused-ring (bicyclic) bond motifs is 1. The summed E-state index contributed by atoms with van der Waals surface area (Å²) < 4.78 is 27.3. The number of benzene rings is 1. The summed E-state index contributed by atoms with van der Waals surface area (Å²) in [6.07, 6.45) is 5.67. The van der Waals surface area contributed by atoms with Crippen LogP contribution in [0.3, 0.4) is 0 Å². The van der Waals surface area contributed by atoms with E-state index in [-0.39, 0.29) is 11.4 Å². The maximum atomic E-state index is 13.0. The first-order valence-corrected chi connectivity index (χ1v) is 10.7. The van der Waals surface area contributed by atoms with E-state index in [4.69, 9.17) is 9.90 Å². The van der Waals surface area contributed by atoms with E-state index in [0.717, 1.165) is 43.7 Å². The number of rotatable bonds is 3. The van der Waals surface area contributed by atoms with E-state index >= 15 is 0 Å². The molecule has 2 aromatic heterocycles. The van der Waals surface area contributed by atoms with Gasteiger partial charge in [0.1, 0.15) is 4.90 Å². The summed E-state index contributed by atoms with van der Waals surface area (Å²) >= 11 is 0. The first kappa shape index (κ1) is 20.8. The van der Waals surface area contributed by atoms with Gasteiger partial charge in [-0.05, 0) is 50.3 Å². The van der Waals surface area contributed by atoms with Gasteiger partial charge in [0.2, 0.25) is 0 Å². The van der Waals surface area contributed by atoms with E-state index < -0.39 is 10.0 Å². The lowest BCUT2D eigenvalue weighted by Gasteiger charge is -2.23. The molecule has 154 valence electrons. The molecule has 1 N–H and O–H groups in total. The van der Waals surface area contributed by atoms with Crippen molar-refractivity contribution in [2.45, 2.75) is 11.3 Å². The van der Waals surface area contributed by atoms with E-state index in [0.29, 0.717) is 5.52 Å². The smallest absolute Gasteiger partial charge is 0.290 e. The van der Waals surface area contributed by atoms with E-state index in [9.17, 15) is 8.42 Å². The van der Waals surface area contributed by atoms with Crippen LogP contribution in [0.5, 0.6) is 0 Å². The summed E-state index contributed by atoms with van der Waals surface area (Å²) in [5.74, 6) is 0. The van der Waals surface area contributed by atoms with Crippen molar-refractivity contribution in [1.29, 1.82) is 0 Å². The second-order valence-electron chi connectivity index (χ2n) is 6.80. The molecule has 4 rings (SSSR count). The van der Waals surface area contributed by atoms with Crippen LogP contribution in [0.25, 0.3) is 10.9 Å². The van der Waals surface area contributed by atoms with Gasteiger partial charge < -0.3 is 14.9 Å². The number of pyridine rings is 1. The molecule has 0 saturated carbocycles. The molecule has 0 radical (unpaired) electrons. The van der Waals surface area contributed by atoms with Crippen molar-refractivity contribution in [3.63, 3.8) is 0 Å². The number of hydrogen-bond acceptors (Lipinski definition) is 6. The minimum Gasteiger partial charge on any atom is -0.483 e. The molecule has 1 saturated heterocycles. The lowest BCUT2D eigenvalue weighted by molar-refractivity contribution is -0.122. The second-order valence-corrected chi connectivity index (χ2v) is 8.61. The highest BCUT2D eigenvalue weighted by Crippen LogP contribution is 2.27. The van der Waals surface area contributed by atoms with E-state index in [1.807, 2.05) is 18.2 Å². The topological polar surface area (TPSA) is 95.7 Å². The zero-order valence-electron chi connectivity index (χ0n) is 16.2. The maximum Gasteiger partial charge on any atom is 0.290 e. The van der Waals surface area contributed by atoms with Gasteiger partial charge in [-0.2, -0.15) is 0 Å². The summed E-state index contributed by atoms with van der Waals surface area (Å²) in [6.45, 7) is 3.77. The monoisotopic (exact) mass is 416 g/mol. The normalized spacial score (nSPS) is 15.4. The van der Waals surface area contributed by atoms with Crippen LogP contribution in [0, 0.1) is 0 Å². The average Bonchev–Trinajstić information content (AvgIpc) is 3.04. The van der Waals surface area contributed by atoms with Gasteiger partial charge in [-0.3, -0.25) is 9.78 Å². The van der Waals surface area contributed by atoms with Gasteiger partial charge in [0.05, 0.1) is 5.52 Å². The quantitative estimate of drug-likeness (QED) is 0.653. The molecule has 1 aromatic carbocycles. The van der Waals surface area contributed by atoms with Crippen molar-refractivity contribution in [2.24, 2.45) is 0 Å². The Bertz CT molecular complexity index is 1070. The third-order valence-corrected chi connectivity index (χ3v) is 6.59. The third kappa shape index (κ3) is 4.57. The Hall–Kier alpha value is -2.91. The van der Waals surface area contributed by atoms with Gasteiger partial charge in [0.25, 0.3) is 16.5 Å². The predicted molar refractivity (Wildman–Crippen MR) is 112 cm³/mol. The largest absolute Gasteiger partial charge is 0.483 e. The number of anilines is 1. The van der Waals surface area contributed by atoms with E-state index in [2.05, 4.69) is 27.9 Å². The number of hydrogen-bond donors (Lipinski definition) is 1. The van der Waals surface area contributed by atoms with Crippen molar-refractivity contribution in [3.05, 3.63) is 55.0 Å². The summed E-state index contributed by atoms with van der Waals surface area (Å²) in [4.78, 5) is 17.2. The van der Waals surface area contributed by atoms with Crippen molar-refractivity contribution in [2.75, 3.05) is 38.1 Å². The fraction of sp³-hybridized carbons (Fsp3) is 0.300. The molecule has 0 unspecified atom stereocenters.